The van der Waals surface area contributed by atoms with Crippen LogP contribution in [0, 0.1) is 5.92 Å². The lowest BCUT2D eigenvalue weighted by atomic mass is 10.2. The van der Waals surface area contributed by atoms with E-state index in [1.165, 1.54) is 11.0 Å². The highest BCUT2D eigenvalue weighted by Crippen LogP contribution is 2.32. The van der Waals surface area contributed by atoms with E-state index in [9.17, 15) is 9.59 Å². The Kier molecular flexibility index (Phi) is 4.34. The van der Waals surface area contributed by atoms with E-state index in [1.54, 1.807) is 0 Å². The van der Waals surface area contributed by atoms with Crippen LogP contribution in [-0.2, 0) is 4.79 Å². The number of nitrogens with one attached hydrogen (secondary N) is 1. The van der Waals surface area contributed by atoms with E-state index >= 15 is 0 Å². The zero-order chi connectivity index (χ0) is 12.1. The topological polar surface area (TPSA) is 69.6 Å². The number of rotatable bonds is 6. The number of carbonyl (C=O) groups excluding carboxylic acids is 1. The van der Waals surface area contributed by atoms with Crippen molar-refractivity contribution >= 4 is 12.0 Å². The van der Waals surface area contributed by atoms with Gasteiger partial charge in [-0.1, -0.05) is 6.08 Å². The quantitative estimate of drug-likeness (QED) is 0.665. The van der Waals surface area contributed by atoms with Gasteiger partial charge in [-0.15, -0.1) is 6.58 Å². The second-order valence-electron chi connectivity index (χ2n) is 4.14. The minimum absolute atomic E-state index is 0.119. The van der Waals surface area contributed by atoms with E-state index in [0.717, 1.165) is 12.8 Å². The minimum Gasteiger partial charge on any atom is -0.480 e. The van der Waals surface area contributed by atoms with Crippen LogP contribution in [0.4, 0.5) is 4.79 Å². The smallest absolute Gasteiger partial charge is 0.323 e. The molecule has 0 aromatic heterocycles. The number of nitrogens with zero attached hydrogens (tertiary/aromatic N) is 1. The molecule has 0 aliphatic heterocycles. The van der Waals surface area contributed by atoms with Gasteiger partial charge in [-0.2, -0.15) is 0 Å². The van der Waals surface area contributed by atoms with Crippen molar-refractivity contribution in [2.45, 2.75) is 25.8 Å². The van der Waals surface area contributed by atoms with Gasteiger partial charge in [-0.3, -0.25) is 4.79 Å². The van der Waals surface area contributed by atoms with Gasteiger partial charge in [-0.25, -0.2) is 4.79 Å². The van der Waals surface area contributed by atoms with Crippen molar-refractivity contribution in [2.24, 2.45) is 5.92 Å². The highest BCUT2D eigenvalue weighted by Gasteiger charge is 2.30. The van der Waals surface area contributed by atoms with Crippen LogP contribution >= 0.6 is 0 Å². The summed E-state index contributed by atoms with van der Waals surface area (Å²) in [6.45, 7) is 5.40. The van der Waals surface area contributed by atoms with E-state index in [0.29, 0.717) is 5.92 Å². The summed E-state index contributed by atoms with van der Waals surface area (Å²) >= 11 is 0. The van der Waals surface area contributed by atoms with E-state index in [-0.39, 0.29) is 25.2 Å². The van der Waals surface area contributed by atoms with Crippen molar-refractivity contribution in [1.82, 2.24) is 10.2 Å². The predicted molar refractivity (Wildman–Crippen MR) is 60.1 cm³/mol. The summed E-state index contributed by atoms with van der Waals surface area (Å²) in [6, 6.07) is -0.213. The Hall–Kier alpha value is -1.52. The van der Waals surface area contributed by atoms with Gasteiger partial charge in [0, 0.05) is 12.6 Å². The molecule has 5 heteroatoms. The van der Waals surface area contributed by atoms with Crippen molar-refractivity contribution in [3.8, 4) is 0 Å². The third-order valence-corrected chi connectivity index (χ3v) is 2.64. The molecule has 1 fully saturated rings. The fourth-order valence-corrected chi connectivity index (χ4v) is 1.54. The molecule has 5 nitrogen and oxygen atoms in total. The molecule has 16 heavy (non-hydrogen) atoms. The van der Waals surface area contributed by atoms with Crippen LogP contribution in [-0.4, -0.2) is 41.1 Å². The Morgan fingerprint density at radius 1 is 1.62 bits per heavy atom. The zero-order valence-corrected chi connectivity index (χ0v) is 9.48. The van der Waals surface area contributed by atoms with Crippen molar-refractivity contribution in [2.75, 3.05) is 13.1 Å². The molecule has 0 aromatic rings. The maximum Gasteiger partial charge on any atom is 0.323 e. The molecule has 1 rings (SSSR count). The Labute approximate surface area is 95.1 Å². The average molecular weight is 226 g/mol. The fourth-order valence-electron chi connectivity index (χ4n) is 1.54. The lowest BCUT2D eigenvalue weighted by molar-refractivity contribution is -0.137. The Morgan fingerprint density at radius 2 is 2.25 bits per heavy atom. The van der Waals surface area contributed by atoms with Crippen LogP contribution in [0.3, 0.4) is 0 Å². The first-order valence-corrected chi connectivity index (χ1v) is 5.42. The predicted octanol–water partition coefficient (Wildman–Crippen LogP) is 1.07. The highest BCUT2D eigenvalue weighted by atomic mass is 16.4. The summed E-state index contributed by atoms with van der Waals surface area (Å²) in [5.41, 5.74) is 0. The molecule has 2 amide bonds. The Morgan fingerprint density at radius 3 is 2.69 bits per heavy atom. The van der Waals surface area contributed by atoms with Crippen molar-refractivity contribution in [3.05, 3.63) is 12.7 Å². The van der Waals surface area contributed by atoms with E-state index < -0.39 is 5.97 Å². The number of hydrogen-bond donors (Lipinski definition) is 2. The molecule has 1 saturated carbocycles. The monoisotopic (exact) mass is 226 g/mol. The largest absolute Gasteiger partial charge is 0.480 e. The van der Waals surface area contributed by atoms with Gasteiger partial charge in [-0.05, 0) is 25.7 Å². The van der Waals surface area contributed by atoms with Gasteiger partial charge in [0.05, 0.1) is 0 Å². The van der Waals surface area contributed by atoms with E-state index in [2.05, 4.69) is 11.9 Å². The summed E-state index contributed by atoms with van der Waals surface area (Å²) < 4.78 is 0. The number of amides is 2. The summed E-state index contributed by atoms with van der Waals surface area (Å²) in [5.74, 6) is -0.463. The molecular formula is C11H18N2O3. The summed E-state index contributed by atoms with van der Waals surface area (Å²) in [5, 5.41) is 11.5. The number of hydrogen-bond acceptors (Lipinski definition) is 2. The van der Waals surface area contributed by atoms with Gasteiger partial charge in [0.1, 0.15) is 6.54 Å². The normalized spacial score (nSPS) is 16.3. The molecule has 1 aliphatic carbocycles. The lowest BCUT2D eigenvalue weighted by Crippen LogP contribution is -2.46. The molecule has 1 unspecified atom stereocenters. The summed E-state index contributed by atoms with van der Waals surface area (Å²) in [6.07, 6.45) is 3.80. The molecule has 0 heterocycles. The van der Waals surface area contributed by atoms with Gasteiger partial charge in [0.2, 0.25) is 0 Å². The number of carbonyl (C=O) groups is 2. The van der Waals surface area contributed by atoms with Crippen LogP contribution in [0.2, 0.25) is 0 Å². The molecule has 1 atom stereocenters. The van der Waals surface area contributed by atoms with Crippen molar-refractivity contribution in [3.63, 3.8) is 0 Å². The fraction of sp³-hybridized carbons (Fsp3) is 0.636. The number of carboxylic acids is 1. The van der Waals surface area contributed by atoms with Crippen molar-refractivity contribution < 1.29 is 14.7 Å². The van der Waals surface area contributed by atoms with Crippen LogP contribution < -0.4 is 5.32 Å². The second-order valence-corrected chi connectivity index (χ2v) is 4.14. The van der Waals surface area contributed by atoms with E-state index in [1.807, 2.05) is 6.92 Å². The molecular weight excluding hydrogens is 208 g/mol. The Balaban J connectivity index is 2.44. The van der Waals surface area contributed by atoms with Gasteiger partial charge in [0.15, 0.2) is 0 Å². The lowest BCUT2D eigenvalue weighted by Gasteiger charge is -2.22. The van der Waals surface area contributed by atoms with Crippen molar-refractivity contribution in [1.29, 1.82) is 0 Å². The van der Waals surface area contributed by atoms with Crippen LogP contribution in [0.5, 0.6) is 0 Å². The molecule has 0 spiro atoms. The average Bonchev–Trinajstić information content (AvgIpc) is 2.99. The van der Waals surface area contributed by atoms with Crippen LogP contribution in [0.1, 0.15) is 19.8 Å². The second kappa shape index (κ2) is 5.53. The third-order valence-electron chi connectivity index (χ3n) is 2.64. The molecule has 0 aromatic carbocycles. The third kappa shape index (κ3) is 3.92. The minimum atomic E-state index is -1.02. The number of urea groups is 1. The van der Waals surface area contributed by atoms with Gasteiger partial charge in [0.25, 0.3) is 0 Å². The van der Waals surface area contributed by atoms with E-state index in [4.69, 9.17) is 5.11 Å². The van der Waals surface area contributed by atoms with Gasteiger partial charge < -0.3 is 15.3 Å². The standard InChI is InChI=1S/C11H18N2O3/c1-3-6-13(7-10(14)15)11(16)12-8(2)9-4-5-9/h3,8-9H,1,4-7H2,2H3,(H,12,16)(H,14,15). The highest BCUT2D eigenvalue weighted by molar-refractivity contribution is 5.80. The summed E-state index contributed by atoms with van der Waals surface area (Å²) in [7, 11) is 0. The van der Waals surface area contributed by atoms with Crippen LogP contribution in [0.25, 0.3) is 0 Å². The molecule has 2 N–H and O–H groups in total. The maximum atomic E-state index is 11.7. The van der Waals surface area contributed by atoms with Gasteiger partial charge >= 0.3 is 12.0 Å². The molecule has 0 radical (unpaired) electrons. The number of carboxylic acid groups (broad SMARTS) is 1. The molecule has 90 valence electrons. The zero-order valence-electron chi connectivity index (χ0n) is 9.48. The SMILES string of the molecule is C=CCN(CC(=O)O)C(=O)NC(C)C1CC1. The molecule has 0 bridgehead atoms. The molecule has 0 saturated heterocycles. The first kappa shape index (κ1) is 12.5. The van der Waals surface area contributed by atoms with Crippen LogP contribution in [0.15, 0.2) is 12.7 Å². The first-order chi connectivity index (χ1) is 7.54. The maximum absolute atomic E-state index is 11.7. The molecule has 1 aliphatic rings. The first-order valence-electron chi connectivity index (χ1n) is 5.42. The summed E-state index contributed by atoms with van der Waals surface area (Å²) in [4.78, 5) is 23.5. The Bertz CT molecular complexity index is 287. The number of aliphatic carboxylic acids is 1.